The van der Waals surface area contributed by atoms with E-state index in [-0.39, 0.29) is 96.7 Å². The van der Waals surface area contributed by atoms with Gasteiger partial charge in [-0.25, -0.2) is 0 Å². The van der Waals surface area contributed by atoms with Gasteiger partial charge in [0.25, 0.3) is 5.91 Å². The van der Waals surface area contributed by atoms with Gasteiger partial charge >= 0.3 is 0 Å². The van der Waals surface area contributed by atoms with Gasteiger partial charge in [-0.3, -0.25) is 33.6 Å². The lowest BCUT2D eigenvalue weighted by Gasteiger charge is -2.36. The Morgan fingerprint density at radius 2 is 0.762 bits per heavy atom. The fourth-order valence-electron chi connectivity index (χ4n) is 19.9. The van der Waals surface area contributed by atoms with Crippen molar-refractivity contribution in [1.29, 1.82) is 0 Å². The van der Waals surface area contributed by atoms with E-state index in [9.17, 15) is 54.0 Å². The van der Waals surface area contributed by atoms with Gasteiger partial charge in [0.1, 0.15) is 57.3 Å². The van der Waals surface area contributed by atoms with Gasteiger partial charge in [-0.2, -0.15) is 0 Å². The molecule has 6 aliphatic rings. The molecule has 0 spiro atoms. The van der Waals surface area contributed by atoms with Crippen molar-refractivity contribution in [2.45, 2.75) is 170 Å². The molecular weight excluding hydrogens is 1650 g/mol. The van der Waals surface area contributed by atoms with Gasteiger partial charge in [0.15, 0.2) is 17.3 Å². The van der Waals surface area contributed by atoms with Crippen LogP contribution < -0.4 is 44.2 Å². The highest BCUT2D eigenvalue weighted by Crippen LogP contribution is 2.50. The molecule has 25 heteroatoms. The van der Waals surface area contributed by atoms with E-state index < -0.39 is 23.7 Å². The Bertz CT molecular complexity index is 5450. The molecule has 12 atom stereocenters. The molecule has 6 heterocycles. The highest BCUT2D eigenvalue weighted by atomic mass is 16.7. The largest absolute Gasteiger partial charge is 0.507 e. The zero-order valence-corrected chi connectivity index (χ0v) is 78.1. The zero-order chi connectivity index (χ0) is 93.6. The van der Waals surface area contributed by atoms with Crippen LogP contribution in [-0.2, 0) is 19.2 Å². The molecule has 7 N–H and O–H groups in total. The second-order valence-electron chi connectivity index (χ2n) is 37.4. The summed E-state index contributed by atoms with van der Waals surface area (Å²) in [5, 5.41) is 47.4. The number of piperidine rings is 4. The van der Waals surface area contributed by atoms with E-state index >= 15 is 0 Å². The lowest BCUT2D eigenvalue weighted by Crippen LogP contribution is -2.43. The van der Waals surface area contributed by atoms with Gasteiger partial charge in [0.05, 0.1) is 47.2 Å². The number of phenols is 4. The summed E-state index contributed by atoms with van der Waals surface area (Å²) >= 11 is 0. The first-order chi connectivity index (χ1) is 62.1. The molecule has 4 saturated heterocycles. The van der Waals surface area contributed by atoms with Gasteiger partial charge in [-0.1, -0.05) is 110 Å². The van der Waals surface area contributed by atoms with Crippen LogP contribution in [0.2, 0.25) is 0 Å². The summed E-state index contributed by atoms with van der Waals surface area (Å²) in [5.74, 6) is 5.71. The fraction of sp³-hybridized carbons (Fsp3) is 0.457. The Hall–Kier alpha value is -12.4. The van der Waals surface area contributed by atoms with Crippen LogP contribution in [0.3, 0.4) is 0 Å². The number of aromatic hydroxyl groups is 4. The predicted molar refractivity (Wildman–Crippen MR) is 499 cm³/mol. The predicted octanol–water partition coefficient (Wildman–Crippen LogP) is 18.0. The van der Waals surface area contributed by atoms with Crippen molar-refractivity contribution < 1.29 is 91.6 Å². The summed E-state index contributed by atoms with van der Waals surface area (Å²) < 4.78 is 44.3. The minimum Gasteiger partial charge on any atom is -0.507 e. The maximum Gasteiger partial charge on any atom is 0.251 e. The molecule has 25 nitrogen and oxygen atoms in total. The van der Waals surface area contributed by atoms with Gasteiger partial charge in [-0.05, 0) is 207 Å². The Balaban J connectivity index is 0.000000157. The molecule has 130 heavy (non-hydrogen) atoms. The summed E-state index contributed by atoms with van der Waals surface area (Å²) in [7, 11) is 7.74. The van der Waals surface area contributed by atoms with E-state index in [1.165, 1.54) is 27.2 Å². The maximum absolute atomic E-state index is 13.5. The molecule has 1 saturated carbocycles. The number of ether oxygens (including phenoxy) is 7. The normalized spacial score (nSPS) is 20.2. The summed E-state index contributed by atoms with van der Waals surface area (Å²) in [6.45, 7) is 28.9. The molecule has 6 amide bonds. The first-order valence-corrected chi connectivity index (χ1v) is 45.5. The Morgan fingerprint density at radius 3 is 1.13 bits per heavy atom. The molecule has 15 rings (SSSR count). The minimum atomic E-state index is -0.523. The highest BCUT2D eigenvalue weighted by Gasteiger charge is 2.38. The summed E-state index contributed by atoms with van der Waals surface area (Å²) in [6.07, 6.45) is 8.94. The summed E-state index contributed by atoms with van der Waals surface area (Å²) in [4.78, 5) is 97.2. The Labute approximate surface area is 763 Å². The second-order valence-corrected chi connectivity index (χ2v) is 37.4. The third-order valence-corrected chi connectivity index (χ3v) is 25.8. The van der Waals surface area contributed by atoms with Crippen LogP contribution in [-0.4, -0.2) is 182 Å². The van der Waals surface area contributed by atoms with Crippen LogP contribution >= 0.6 is 0 Å². The Kier molecular flexibility index (Phi) is 32.2. The molecule has 5 fully saturated rings. The number of Topliss-reactive ketones (excluding diaryl/α,β-unsaturated/α-hetero) is 1. The lowest BCUT2D eigenvalue weighted by molar-refractivity contribution is -0.134. The first kappa shape index (κ1) is 96.7. The van der Waals surface area contributed by atoms with E-state index in [1.807, 2.05) is 94.1 Å². The van der Waals surface area contributed by atoms with Crippen molar-refractivity contribution in [2.24, 2.45) is 53.1 Å². The molecule has 5 aliphatic heterocycles. The van der Waals surface area contributed by atoms with Crippen molar-refractivity contribution in [1.82, 2.24) is 24.9 Å². The second kappa shape index (κ2) is 43.3. The van der Waals surface area contributed by atoms with Crippen molar-refractivity contribution in [3.05, 3.63) is 218 Å². The third-order valence-electron chi connectivity index (χ3n) is 25.8. The molecule has 1 aromatic heterocycles. The van der Waals surface area contributed by atoms with Gasteiger partial charge < -0.3 is 88.7 Å². The van der Waals surface area contributed by atoms with E-state index in [4.69, 9.17) is 43.3 Å². The molecule has 0 radical (unpaired) electrons. The van der Waals surface area contributed by atoms with E-state index in [0.717, 1.165) is 130 Å². The number of hydrogen-bond donors (Lipinski definition) is 6. The van der Waals surface area contributed by atoms with E-state index in [1.54, 1.807) is 100 Å². The molecule has 9 aromatic rings. The molecular formula is C105H130N6O19. The smallest absolute Gasteiger partial charge is 0.251 e. The number of nitrogens with one attached hydrogen (secondary N) is 1. The molecule has 8 aromatic carbocycles. The number of carbonyl (C=O) groups is 7. The number of furan rings is 1. The number of aryl methyl sites for hydroxylation is 2. The number of hydrogen-bond acceptors (Lipinski definition) is 19. The average Bonchev–Trinajstić information content (AvgIpc) is 1.52. The quantitative estimate of drug-likeness (QED) is 0.0290. The van der Waals surface area contributed by atoms with Gasteiger partial charge in [-0.15, -0.1) is 0 Å². The number of primary amides is 1. The maximum atomic E-state index is 13.5. The third kappa shape index (κ3) is 24.0. The highest BCUT2D eigenvalue weighted by molar-refractivity contribution is 5.96. The SMILES string of the molecule is COc1c(C(CC(=O)N2CC(C)CC(C)C2)c2ccc3c(c2)OCO3)c(O)cc2occc12.COc1cc(C)cc(O)c1C(CC(=O)N1CC(C)CC(C)C1)c1ccc(C(=O)NC2CC2)cc1.COc1cc(C)cc(O)c1C(CC(=O)N1CC(C)CC(C)C1)c1ccc(C(C)=O)cc1.COc1cc(O)c(C(CC(=O)N2CC(C)CC(C)C2)c2ccc(C(N)=O)cc2)c(OC)c1. The number of nitrogens with zero attached hydrogens (tertiary/aromatic N) is 4. The van der Waals surface area contributed by atoms with Crippen molar-refractivity contribution in [3.8, 4) is 63.2 Å². The van der Waals surface area contributed by atoms with Crippen molar-refractivity contribution in [2.75, 3.05) is 94.7 Å². The topological polar surface area (TPSA) is 329 Å². The van der Waals surface area contributed by atoms with Crippen molar-refractivity contribution >= 4 is 52.2 Å². The lowest BCUT2D eigenvalue weighted by atomic mass is 9.85. The zero-order valence-electron chi connectivity index (χ0n) is 78.1. The van der Waals surface area contributed by atoms with E-state index in [0.29, 0.717) is 138 Å². The number of phenolic OH excluding ortho intramolecular Hbond substituents is 4. The van der Waals surface area contributed by atoms with Crippen LogP contribution in [0.1, 0.15) is 237 Å². The molecule has 694 valence electrons. The minimum absolute atomic E-state index is 0.00812. The van der Waals surface area contributed by atoms with Crippen LogP contribution in [0, 0.1) is 61.2 Å². The van der Waals surface area contributed by atoms with Crippen LogP contribution in [0.25, 0.3) is 11.0 Å². The number of benzene rings is 8. The summed E-state index contributed by atoms with van der Waals surface area (Å²) in [6, 6.07) is 41.2. The number of methoxy groups -OCH3 is 5. The molecule has 0 bridgehead atoms. The van der Waals surface area contributed by atoms with Gasteiger partial charge in [0, 0.05) is 165 Å². The molecule has 12 unspecified atom stereocenters. The number of amides is 6. The van der Waals surface area contributed by atoms with E-state index in [2.05, 4.69) is 60.7 Å². The van der Waals surface area contributed by atoms with Crippen LogP contribution in [0.4, 0.5) is 0 Å². The molecule has 1 aliphatic carbocycles. The van der Waals surface area contributed by atoms with Crippen molar-refractivity contribution in [3.63, 3.8) is 0 Å². The van der Waals surface area contributed by atoms with Crippen LogP contribution in [0.5, 0.6) is 63.2 Å². The number of ketones is 1. The number of likely N-dealkylation sites (tertiary alicyclic amines) is 4. The summed E-state index contributed by atoms with van der Waals surface area (Å²) in [5.41, 5.74) is 14.9. The van der Waals surface area contributed by atoms with Gasteiger partial charge in [0.2, 0.25) is 36.3 Å². The Morgan fingerprint density at radius 1 is 0.408 bits per heavy atom. The van der Waals surface area contributed by atoms with Crippen LogP contribution in [0.15, 0.2) is 150 Å². The standard InChI is InChI=1S/C28H36N2O4.C26H29NO6.C26H33NO4.C25H32N2O5/c1-17-12-24(31)27(25(13-17)34-4)23(14-26(32)30-15-18(2)11-19(3)16-30)20-5-7-21(8-6-20)28(33)29-22-9-10-22;1-15-8-16(2)13-27(12-15)24(29)10-19(17-4-5-21-23(9-17)33-14-32-21)25-20(28)11-22-18(6-7-31-22)26(25)30-3;1-16-11-23(29)26(24(12-16)31-5)22(21-8-6-20(7-9-21)19(4)28)13-25(30)27-14-17(2)10-18(3)15-27;1-15-9-16(2)14-27(13-15)23(29)12-20(17-5-7-18(8-6-17)25(26)30)24-21(28)10-19(31-3)11-22(24)32-4/h5-8,12-13,18-19,22-23,31H,9-11,14-16H2,1-4H3,(H,29,33);4-7,9,11,15-16,19,28H,8,10,12-14H2,1-3H3;6-9,11-12,17-18,22,29H,10,13-15H2,1-5H3;5-8,10-11,15-16,20,28H,9,12-14H2,1-4H3,(H2,26,30). The average molecular weight is 1780 g/mol. The first-order valence-electron chi connectivity index (χ1n) is 45.5. The fourth-order valence-corrected chi connectivity index (χ4v) is 19.9. The number of fused-ring (bicyclic) bond motifs is 2. The number of carbonyl (C=O) groups excluding carboxylic acids is 7. The monoisotopic (exact) mass is 1780 g/mol. The number of nitrogens with two attached hydrogens (primary N) is 1. The number of rotatable bonds is 25.